The van der Waals surface area contributed by atoms with Gasteiger partial charge in [0.1, 0.15) is 0 Å². The second kappa shape index (κ2) is 5.26. The Hall–Kier alpha value is -1.69. The lowest BCUT2D eigenvalue weighted by Crippen LogP contribution is -2.45. The molecule has 0 N–H and O–H groups in total. The number of anilines is 1. The smallest absolute Gasteiger partial charge is 0.314 e. The Balaban J connectivity index is 1.91. The number of rotatable bonds is 2. The quantitative estimate of drug-likeness (QED) is 0.617. The summed E-state index contributed by atoms with van der Waals surface area (Å²) in [6.07, 6.45) is 5.16. The lowest BCUT2D eigenvalue weighted by molar-refractivity contribution is -0.384. The molecule has 1 atom stereocenters. The van der Waals surface area contributed by atoms with Crippen LogP contribution in [0, 0.1) is 22.5 Å². The molecule has 1 unspecified atom stereocenters. The van der Waals surface area contributed by atoms with Gasteiger partial charge in [0.15, 0.2) is 0 Å². The van der Waals surface area contributed by atoms with E-state index in [1.54, 1.807) is 19.2 Å². The van der Waals surface area contributed by atoms with Gasteiger partial charge >= 0.3 is 5.69 Å². The first-order chi connectivity index (χ1) is 10.0. The van der Waals surface area contributed by atoms with E-state index < -0.39 is 0 Å². The molecule has 0 amide bonds. The van der Waals surface area contributed by atoms with E-state index in [0.717, 1.165) is 32.6 Å². The summed E-state index contributed by atoms with van der Waals surface area (Å²) in [6.45, 7) is 5.74. The highest BCUT2D eigenvalue weighted by atomic mass is 16.6. The predicted molar refractivity (Wildman–Crippen MR) is 81.6 cm³/mol. The Bertz CT molecular complexity index is 559. The molecule has 3 heterocycles. The number of nitrogens with zero attached hydrogens (tertiary/aromatic N) is 4. The van der Waals surface area contributed by atoms with E-state index in [1.807, 2.05) is 0 Å². The van der Waals surface area contributed by atoms with E-state index in [2.05, 4.69) is 21.8 Å². The molecule has 1 aromatic heterocycles. The first kappa shape index (κ1) is 14.3. The lowest BCUT2D eigenvalue weighted by Gasteiger charge is -2.40. The second-order valence-corrected chi connectivity index (χ2v) is 6.57. The molecule has 6 nitrogen and oxygen atoms in total. The number of hydrogen-bond acceptors (Lipinski definition) is 5. The van der Waals surface area contributed by atoms with Crippen molar-refractivity contribution < 1.29 is 4.92 Å². The van der Waals surface area contributed by atoms with E-state index in [-0.39, 0.29) is 16.0 Å². The SMILES string of the molecule is Cc1ccnc(N2CCCC3(CCN(C)C3)C2)c1[N+](=O)[O-]. The molecule has 2 aliphatic heterocycles. The first-order valence-corrected chi connectivity index (χ1v) is 7.54. The highest BCUT2D eigenvalue weighted by Gasteiger charge is 2.41. The summed E-state index contributed by atoms with van der Waals surface area (Å²) in [4.78, 5) is 19.9. The van der Waals surface area contributed by atoms with Gasteiger partial charge in [-0.1, -0.05) is 0 Å². The summed E-state index contributed by atoms with van der Waals surface area (Å²) in [5, 5.41) is 11.4. The fraction of sp³-hybridized carbons (Fsp3) is 0.667. The Morgan fingerprint density at radius 3 is 2.81 bits per heavy atom. The number of piperidine rings is 1. The van der Waals surface area contributed by atoms with Crippen molar-refractivity contribution in [3.63, 3.8) is 0 Å². The van der Waals surface area contributed by atoms with E-state index in [4.69, 9.17) is 0 Å². The van der Waals surface area contributed by atoms with Gasteiger partial charge in [-0.05, 0) is 45.8 Å². The van der Waals surface area contributed by atoms with Crippen LogP contribution in [0.4, 0.5) is 11.5 Å². The molecule has 2 aliphatic rings. The predicted octanol–water partition coefficient (Wildman–Crippen LogP) is 2.22. The number of pyridine rings is 1. The zero-order valence-electron chi connectivity index (χ0n) is 12.7. The molecular formula is C15H22N4O2. The van der Waals surface area contributed by atoms with Crippen molar-refractivity contribution in [1.82, 2.24) is 9.88 Å². The maximum Gasteiger partial charge on any atom is 0.314 e. The summed E-state index contributed by atoms with van der Waals surface area (Å²) < 4.78 is 0. The van der Waals surface area contributed by atoms with Crippen LogP contribution in [-0.4, -0.2) is 48.0 Å². The van der Waals surface area contributed by atoms with Crippen molar-refractivity contribution in [2.75, 3.05) is 38.1 Å². The van der Waals surface area contributed by atoms with Crippen molar-refractivity contribution in [2.45, 2.75) is 26.2 Å². The molecule has 0 bridgehead atoms. The van der Waals surface area contributed by atoms with E-state index in [9.17, 15) is 10.1 Å². The van der Waals surface area contributed by atoms with Crippen LogP contribution in [0.2, 0.25) is 0 Å². The van der Waals surface area contributed by atoms with Crippen LogP contribution in [0.15, 0.2) is 12.3 Å². The van der Waals surface area contributed by atoms with Crippen LogP contribution in [0.3, 0.4) is 0 Å². The number of aryl methyl sites for hydroxylation is 1. The summed E-state index contributed by atoms with van der Waals surface area (Å²) in [7, 11) is 2.15. The summed E-state index contributed by atoms with van der Waals surface area (Å²) in [5.41, 5.74) is 1.14. The minimum atomic E-state index is -0.292. The molecule has 0 aliphatic carbocycles. The van der Waals surface area contributed by atoms with E-state index >= 15 is 0 Å². The van der Waals surface area contributed by atoms with Gasteiger partial charge in [0.2, 0.25) is 5.82 Å². The Kier molecular flexibility index (Phi) is 3.57. The van der Waals surface area contributed by atoms with Gasteiger partial charge in [0.05, 0.1) is 4.92 Å². The summed E-state index contributed by atoms with van der Waals surface area (Å²) in [6, 6.07) is 1.71. The average Bonchev–Trinajstić information content (AvgIpc) is 2.78. The highest BCUT2D eigenvalue weighted by Crippen LogP contribution is 2.41. The molecule has 2 fully saturated rings. The maximum absolute atomic E-state index is 11.4. The summed E-state index contributed by atoms with van der Waals surface area (Å²) >= 11 is 0. The van der Waals surface area contributed by atoms with Crippen LogP contribution in [0.5, 0.6) is 0 Å². The van der Waals surface area contributed by atoms with Gasteiger partial charge < -0.3 is 9.80 Å². The topological polar surface area (TPSA) is 62.5 Å². The molecular weight excluding hydrogens is 268 g/mol. The average molecular weight is 290 g/mol. The van der Waals surface area contributed by atoms with E-state index in [0.29, 0.717) is 11.4 Å². The molecule has 0 radical (unpaired) electrons. The molecule has 114 valence electrons. The van der Waals surface area contributed by atoms with Crippen molar-refractivity contribution in [3.05, 3.63) is 27.9 Å². The summed E-state index contributed by atoms with van der Waals surface area (Å²) in [5.74, 6) is 0.550. The maximum atomic E-state index is 11.4. The normalized spacial score (nSPS) is 26.5. The van der Waals surface area contributed by atoms with Crippen molar-refractivity contribution in [1.29, 1.82) is 0 Å². The van der Waals surface area contributed by atoms with Crippen molar-refractivity contribution >= 4 is 11.5 Å². The molecule has 21 heavy (non-hydrogen) atoms. The Morgan fingerprint density at radius 1 is 1.33 bits per heavy atom. The third-order valence-electron chi connectivity index (χ3n) is 4.88. The molecule has 0 aromatic carbocycles. The third-order valence-corrected chi connectivity index (χ3v) is 4.88. The molecule has 6 heteroatoms. The van der Waals surface area contributed by atoms with Crippen molar-refractivity contribution in [2.24, 2.45) is 5.41 Å². The van der Waals surface area contributed by atoms with Gasteiger partial charge in [-0.3, -0.25) is 10.1 Å². The zero-order valence-corrected chi connectivity index (χ0v) is 12.7. The molecule has 3 rings (SSSR count). The zero-order chi connectivity index (χ0) is 15.0. The molecule has 2 saturated heterocycles. The van der Waals surface area contributed by atoms with Crippen LogP contribution >= 0.6 is 0 Å². The van der Waals surface area contributed by atoms with Gasteiger partial charge in [-0.2, -0.15) is 0 Å². The molecule has 1 spiro atoms. The largest absolute Gasteiger partial charge is 0.350 e. The van der Waals surface area contributed by atoms with Gasteiger partial charge in [0, 0.05) is 36.8 Å². The van der Waals surface area contributed by atoms with Crippen LogP contribution in [-0.2, 0) is 0 Å². The Morgan fingerprint density at radius 2 is 2.14 bits per heavy atom. The number of hydrogen-bond donors (Lipinski definition) is 0. The number of aromatic nitrogens is 1. The van der Waals surface area contributed by atoms with E-state index in [1.165, 1.54) is 12.8 Å². The second-order valence-electron chi connectivity index (χ2n) is 6.57. The highest BCUT2D eigenvalue weighted by molar-refractivity contribution is 5.61. The fourth-order valence-electron chi connectivity index (χ4n) is 3.87. The number of likely N-dealkylation sites (tertiary alicyclic amines) is 1. The Labute approximate surface area is 124 Å². The first-order valence-electron chi connectivity index (χ1n) is 7.54. The van der Waals surface area contributed by atoms with Gasteiger partial charge in [0.25, 0.3) is 0 Å². The lowest BCUT2D eigenvalue weighted by atomic mass is 9.79. The monoisotopic (exact) mass is 290 g/mol. The van der Waals surface area contributed by atoms with Crippen LogP contribution in [0.1, 0.15) is 24.8 Å². The van der Waals surface area contributed by atoms with Crippen molar-refractivity contribution in [3.8, 4) is 0 Å². The van der Waals surface area contributed by atoms with Crippen LogP contribution < -0.4 is 4.90 Å². The standard InChI is InChI=1S/C15H22N4O2/c1-12-4-7-16-14(13(12)19(20)21)18-8-3-5-15(11-18)6-9-17(2)10-15/h4,7H,3,5-6,8-11H2,1-2H3. The minimum absolute atomic E-state index is 0.168. The van der Waals surface area contributed by atoms with Gasteiger partial charge in [-0.25, -0.2) is 4.98 Å². The molecule has 0 saturated carbocycles. The fourth-order valence-corrected chi connectivity index (χ4v) is 3.87. The number of nitro groups is 1. The minimum Gasteiger partial charge on any atom is -0.350 e. The van der Waals surface area contributed by atoms with Gasteiger partial charge in [-0.15, -0.1) is 0 Å². The third kappa shape index (κ3) is 2.60. The van der Waals surface area contributed by atoms with Crippen LogP contribution in [0.25, 0.3) is 0 Å². The molecule has 1 aromatic rings.